The van der Waals surface area contributed by atoms with Crippen LogP contribution in [-0.4, -0.2) is 66.9 Å². The molecule has 0 aliphatic carbocycles. The molecule has 1 atom stereocenters. The van der Waals surface area contributed by atoms with Crippen molar-refractivity contribution in [1.82, 2.24) is 20.2 Å². The van der Waals surface area contributed by atoms with Crippen molar-refractivity contribution in [3.63, 3.8) is 0 Å². The highest BCUT2D eigenvalue weighted by molar-refractivity contribution is 5.26. The Morgan fingerprint density at radius 3 is 2.81 bits per heavy atom. The molecule has 0 aromatic carbocycles. The maximum atomic E-state index is 9.23. The third-order valence-electron chi connectivity index (χ3n) is 3.89. The number of aliphatic hydroxyl groups excluding tert-OH is 1. The predicted molar refractivity (Wildman–Crippen MR) is 84.3 cm³/mol. The molecule has 118 valence electrons. The molecule has 2 heterocycles. The summed E-state index contributed by atoms with van der Waals surface area (Å²) in [6, 6.07) is 0. The van der Waals surface area contributed by atoms with Crippen molar-refractivity contribution in [3.05, 3.63) is 18.0 Å². The Morgan fingerprint density at radius 2 is 2.14 bits per heavy atom. The van der Waals surface area contributed by atoms with Crippen LogP contribution >= 0.6 is 0 Å². The van der Waals surface area contributed by atoms with Gasteiger partial charge in [0.05, 0.1) is 0 Å². The summed E-state index contributed by atoms with van der Waals surface area (Å²) in [5, 5.41) is 12.7. The molecule has 6 heteroatoms. The molecular formula is C15H27N5O. The van der Waals surface area contributed by atoms with E-state index in [0.717, 1.165) is 50.7 Å². The van der Waals surface area contributed by atoms with Crippen molar-refractivity contribution < 1.29 is 5.11 Å². The minimum atomic E-state index is 0.319. The quantitative estimate of drug-likeness (QED) is 0.707. The van der Waals surface area contributed by atoms with Crippen LogP contribution in [0.25, 0.3) is 0 Å². The summed E-state index contributed by atoms with van der Waals surface area (Å²) in [5.74, 6) is 1.20. The zero-order valence-corrected chi connectivity index (χ0v) is 13.1. The average Bonchev–Trinajstić information content (AvgIpc) is 2.52. The van der Waals surface area contributed by atoms with Gasteiger partial charge in [0.25, 0.3) is 0 Å². The molecule has 2 rings (SSSR count). The lowest BCUT2D eigenvalue weighted by Crippen LogP contribution is -2.40. The largest absolute Gasteiger partial charge is 0.396 e. The Morgan fingerprint density at radius 1 is 1.38 bits per heavy atom. The molecule has 1 saturated heterocycles. The summed E-state index contributed by atoms with van der Waals surface area (Å²) < 4.78 is 0. The van der Waals surface area contributed by atoms with E-state index in [9.17, 15) is 5.11 Å². The van der Waals surface area contributed by atoms with E-state index in [-0.39, 0.29) is 0 Å². The van der Waals surface area contributed by atoms with Gasteiger partial charge in [0.2, 0.25) is 5.95 Å². The van der Waals surface area contributed by atoms with Gasteiger partial charge in [0.15, 0.2) is 0 Å². The molecule has 1 aromatic heterocycles. The first-order valence-corrected chi connectivity index (χ1v) is 7.71. The molecule has 1 aliphatic rings. The summed E-state index contributed by atoms with van der Waals surface area (Å²) in [7, 11) is 3.87. The number of nitrogens with zero attached hydrogens (tertiary/aromatic N) is 4. The van der Waals surface area contributed by atoms with Crippen molar-refractivity contribution >= 4 is 5.95 Å². The number of nitrogens with one attached hydrogen (secondary N) is 1. The van der Waals surface area contributed by atoms with Crippen molar-refractivity contribution in [2.24, 2.45) is 5.92 Å². The first-order chi connectivity index (χ1) is 10.2. The third kappa shape index (κ3) is 5.22. The smallest absolute Gasteiger partial charge is 0.224 e. The van der Waals surface area contributed by atoms with Gasteiger partial charge in [-0.05, 0) is 25.3 Å². The third-order valence-corrected chi connectivity index (χ3v) is 3.89. The second kappa shape index (κ2) is 8.26. The van der Waals surface area contributed by atoms with E-state index in [0.29, 0.717) is 12.5 Å². The Kier molecular flexibility index (Phi) is 6.35. The maximum Gasteiger partial charge on any atom is 0.224 e. The molecule has 0 saturated carbocycles. The van der Waals surface area contributed by atoms with Gasteiger partial charge < -0.3 is 20.2 Å². The lowest BCUT2D eigenvalue weighted by atomic mass is 9.99. The maximum absolute atomic E-state index is 9.23. The lowest BCUT2D eigenvalue weighted by molar-refractivity contribution is 0.121. The highest BCUT2D eigenvalue weighted by Crippen LogP contribution is 2.14. The lowest BCUT2D eigenvalue weighted by Gasteiger charge is -2.31. The highest BCUT2D eigenvalue weighted by Gasteiger charge is 2.18. The van der Waals surface area contributed by atoms with E-state index in [2.05, 4.69) is 20.2 Å². The normalized spacial score (nSPS) is 19.7. The molecule has 1 aliphatic heterocycles. The predicted octanol–water partition coefficient (Wildman–Crippen LogP) is 0.337. The first-order valence-electron chi connectivity index (χ1n) is 7.71. The Labute approximate surface area is 127 Å². The summed E-state index contributed by atoms with van der Waals surface area (Å²) >= 11 is 0. The molecule has 2 N–H and O–H groups in total. The summed E-state index contributed by atoms with van der Waals surface area (Å²) in [5.41, 5.74) is 1.10. The van der Waals surface area contributed by atoms with Crippen LogP contribution in [0.1, 0.15) is 18.4 Å². The number of hydrogen-bond donors (Lipinski definition) is 2. The molecular weight excluding hydrogens is 266 g/mol. The van der Waals surface area contributed by atoms with Gasteiger partial charge in [-0.15, -0.1) is 0 Å². The molecule has 1 fully saturated rings. The summed E-state index contributed by atoms with van der Waals surface area (Å²) in [6.45, 7) is 5.28. The van der Waals surface area contributed by atoms with Gasteiger partial charge in [0.1, 0.15) is 0 Å². The van der Waals surface area contributed by atoms with E-state index in [4.69, 9.17) is 0 Å². The van der Waals surface area contributed by atoms with Crippen LogP contribution in [-0.2, 0) is 6.54 Å². The number of aromatic nitrogens is 2. The van der Waals surface area contributed by atoms with Gasteiger partial charge in [-0.2, -0.15) is 0 Å². The Hall–Kier alpha value is -1.24. The fourth-order valence-corrected chi connectivity index (χ4v) is 2.64. The molecule has 0 spiro atoms. The van der Waals surface area contributed by atoms with Crippen LogP contribution in [0.3, 0.4) is 0 Å². The van der Waals surface area contributed by atoms with Crippen LogP contribution < -0.4 is 10.2 Å². The van der Waals surface area contributed by atoms with Gasteiger partial charge in [-0.25, -0.2) is 9.97 Å². The van der Waals surface area contributed by atoms with Crippen LogP contribution in [0.15, 0.2) is 12.4 Å². The number of rotatable bonds is 7. The second-order valence-corrected chi connectivity index (χ2v) is 5.95. The van der Waals surface area contributed by atoms with E-state index in [1.54, 1.807) is 0 Å². The molecule has 0 amide bonds. The minimum absolute atomic E-state index is 0.319. The Balaban J connectivity index is 1.65. The highest BCUT2D eigenvalue weighted by atomic mass is 16.3. The number of piperidine rings is 1. The van der Waals surface area contributed by atoms with Crippen molar-refractivity contribution in [3.8, 4) is 0 Å². The zero-order valence-electron chi connectivity index (χ0n) is 13.1. The zero-order chi connectivity index (χ0) is 15.1. The van der Waals surface area contributed by atoms with Crippen molar-refractivity contribution in [2.45, 2.75) is 19.4 Å². The second-order valence-electron chi connectivity index (χ2n) is 5.95. The number of aliphatic hydroxyl groups is 1. The van der Waals surface area contributed by atoms with Crippen molar-refractivity contribution in [1.29, 1.82) is 0 Å². The van der Waals surface area contributed by atoms with E-state index >= 15 is 0 Å². The van der Waals surface area contributed by atoms with Crippen LogP contribution in [0.2, 0.25) is 0 Å². The van der Waals surface area contributed by atoms with Crippen LogP contribution in [0.5, 0.6) is 0 Å². The molecule has 1 aromatic rings. The molecule has 1 unspecified atom stereocenters. The average molecular weight is 293 g/mol. The summed E-state index contributed by atoms with van der Waals surface area (Å²) in [4.78, 5) is 12.9. The number of hydrogen-bond acceptors (Lipinski definition) is 6. The molecule has 0 radical (unpaired) electrons. The standard InChI is InChI=1S/C15H27N5O/c1-19(2)15-17-9-14(10-18-15)8-16-5-7-20-6-3-4-13(11-20)12-21/h9-10,13,16,21H,3-8,11-12H2,1-2H3. The number of anilines is 1. The SMILES string of the molecule is CN(C)c1ncc(CNCCN2CCCC(CO)C2)cn1. The van der Waals surface area contributed by atoms with E-state index in [1.165, 1.54) is 6.42 Å². The monoisotopic (exact) mass is 293 g/mol. The van der Waals surface area contributed by atoms with Gasteiger partial charge in [0, 0.05) is 64.8 Å². The van der Waals surface area contributed by atoms with Crippen molar-refractivity contribution in [2.75, 3.05) is 51.8 Å². The summed E-state index contributed by atoms with van der Waals surface area (Å²) in [6.07, 6.45) is 6.11. The van der Waals surface area contributed by atoms with Gasteiger partial charge in [-0.1, -0.05) is 0 Å². The first kappa shape index (κ1) is 16.1. The van der Waals surface area contributed by atoms with Crippen LogP contribution in [0.4, 0.5) is 5.95 Å². The Bertz CT molecular complexity index is 409. The van der Waals surface area contributed by atoms with Crippen LogP contribution in [0, 0.1) is 5.92 Å². The topological polar surface area (TPSA) is 64.5 Å². The van der Waals surface area contributed by atoms with Gasteiger partial charge >= 0.3 is 0 Å². The van der Waals surface area contributed by atoms with E-state index < -0.39 is 0 Å². The number of likely N-dealkylation sites (tertiary alicyclic amines) is 1. The molecule has 6 nitrogen and oxygen atoms in total. The van der Waals surface area contributed by atoms with Gasteiger partial charge in [-0.3, -0.25) is 0 Å². The van der Waals surface area contributed by atoms with E-state index in [1.807, 2.05) is 31.4 Å². The fraction of sp³-hybridized carbons (Fsp3) is 0.733. The fourth-order valence-electron chi connectivity index (χ4n) is 2.64. The molecule has 0 bridgehead atoms. The molecule has 21 heavy (non-hydrogen) atoms. The minimum Gasteiger partial charge on any atom is -0.396 e.